The molecule has 0 bridgehead atoms. The molecule has 0 spiro atoms. The molecule has 1 aliphatic heterocycles. The third kappa shape index (κ3) is 3.89. The van der Waals surface area contributed by atoms with E-state index in [-0.39, 0.29) is 5.78 Å². The molecular formula is C18H21N2O3P. The molecule has 0 aromatic heterocycles. The largest absolute Gasteiger partial charge is 0.349 e. The molecule has 1 atom stereocenters. The highest BCUT2D eigenvalue weighted by Crippen LogP contribution is 2.36. The molecule has 6 heteroatoms. The highest BCUT2D eigenvalue weighted by Gasteiger charge is 2.33. The van der Waals surface area contributed by atoms with Gasteiger partial charge in [-0.2, -0.15) is 0 Å². The van der Waals surface area contributed by atoms with Crippen LogP contribution in [-0.2, 0) is 0 Å². The maximum absolute atomic E-state index is 12.8. The van der Waals surface area contributed by atoms with E-state index >= 15 is 0 Å². The summed E-state index contributed by atoms with van der Waals surface area (Å²) < 4.78 is 0. The average Bonchev–Trinajstić information content (AvgIpc) is 2.63. The maximum Gasteiger partial charge on any atom is 0.192 e. The quantitative estimate of drug-likeness (QED) is 0.572. The molecule has 2 aromatic carbocycles. The Labute approximate surface area is 142 Å². The molecule has 3 rings (SSSR count). The lowest BCUT2D eigenvalue weighted by Gasteiger charge is -2.34. The number of benzene rings is 2. The van der Waals surface area contributed by atoms with Crippen molar-refractivity contribution in [3.8, 4) is 11.1 Å². The summed E-state index contributed by atoms with van der Waals surface area (Å²) in [7, 11) is -2.35. The van der Waals surface area contributed by atoms with Crippen LogP contribution in [0.1, 0.15) is 10.4 Å². The van der Waals surface area contributed by atoms with Crippen molar-refractivity contribution in [3.05, 3.63) is 60.2 Å². The second-order valence-electron chi connectivity index (χ2n) is 5.79. The molecule has 1 fully saturated rings. The standard InChI is InChI=1S/C18H21N2O3P/c21-17(18(24(22)23)20-12-10-19-11-13-20)16-8-6-15(7-9-16)14-4-2-1-3-5-14/h1-9,18-19,22-23H,10-13H2. The van der Waals surface area contributed by atoms with E-state index in [2.05, 4.69) is 5.32 Å². The lowest BCUT2D eigenvalue weighted by Crippen LogP contribution is -2.50. The van der Waals surface area contributed by atoms with Crippen molar-refractivity contribution in [1.29, 1.82) is 0 Å². The third-order valence-corrected chi connectivity index (χ3v) is 5.23. The van der Waals surface area contributed by atoms with Gasteiger partial charge >= 0.3 is 0 Å². The van der Waals surface area contributed by atoms with Crippen molar-refractivity contribution >= 4 is 14.2 Å². The first-order chi connectivity index (χ1) is 11.7. The van der Waals surface area contributed by atoms with Gasteiger partial charge in [0, 0.05) is 31.7 Å². The SMILES string of the molecule is O=C(c1ccc(-c2ccccc2)cc1)C(N1CCNCC1)P(O)O. The second-order valence-corrected chi connectivity index (χ2v) is 6.92. The summed E-state index contributed by atoms with van der Waals surface area (Å²) in [5.41, 5.74) is 2.62. The Kier molecular flexibility index (Phi) is 5.72. The van der Waals surface area contributed by atoms with E-state index in [1.165, 1.54) is 0 Å². The van der Waals surface area contributed by atoms with Gasteiger partial charge in [-0.15, -0.1) is 0 Å². The number of piperazine rings is 1. The number of hydrogen-bond acceptors (Lipinski definition) is 5. The van der Waals surface area contributed by atoms with Gasteiger partial charge < -0.3 is 15.1 Å². The minimum atomic E-state index is -2.35. The zero-order chi connectivity index (χ0) is 16.9. The highest BCUT2D eigenvalue weighted by molar-refractivity contribution is 7.47. The number of hydrogen-bond donors (Lipinski definition) is 3. The van der Waals surface area contributed by atoms with Crippen molar-refractivity contribution in [2.75, 3.05) is 26.2 Å². The molecular weight excluding hydrogens is 323 g/mol. The lowest BCUT2D eigenvalue weighted by atomic mass is 10.0. The van der Waals surface area contributed by atoms with Gasteiger partial charge in [-0.25, -0.2) is 0 Å². The van der Waals surface area contributed by atoms with E-state index in [9.17, 15) is 14.6 Å². The van der Waals surface area contributed by atoms with Crippen molar-refractivity contribution < 1.29 is 14.6 Å². The van der Waals surface area contributed by atoms with Crippen LogP contribution in [0.25, 0.3) is 11.1 Å². The Morgan fingerprint density at radius 2 is 1.54 bits per heavy atom. The van der Waals surface area contributed by atoms with E-state index < -0.39 is 14.2 Å². The van der Waals surface area contributed by atoms with E-state index in [0.29, 0.717) is 18.7 Å². The zero-order valence-corrected chi connectivity index (χ0v) is 14.2. The van der Waals surface area contributed by atoms with Crippen LogP contribution >= 0.6 is 8.38 Å². The molecule has 0 saturated carbocycles. The van der Waals surface area contributed by atoms with Crippen molar-refractivity contribution in [2.24, 2.45) is 0 Å². The van der Waals surface area contributed by atoms with E-state index in [1.54, 1.807) is 12.1 Å². The smallest absolute Gasteiger partial charge is 0.192 e. The third-order valence-electron chi connectivity index (χ3n) is 4.23. The number of nitrogens with one attached hydrogen (secondary N) is 1. The predicted molar refractivity (Wildman–Crippen MR) is 95.8 cm³/mol. The van der Waals surface area contributed by atoms with Crippen molar-refractivity contribution in [2.45, 2.75) is 5.78 Å². The molecule has 1 saturated heterocycles. The number of rotatable bonds is 5. The Hall–Kier alpha value is -1.62. The Balaban J connectivity index is 1.80. The normalized spacial score (nSPS) is 17.0. The lowest BCUT2D eigenvalue weighted by molar-refractivity contribution is 0.0871. The number of carbonyl (C=O) groups is 1. The van der Waals surface area contributed by atoms with Crippen LogP contribution in [0, 0.1) is 0 Å². The summed E-state index contributed by atoms with van der Waals surface area (Å²) in [6, 6.07) is 17.3. The van der Waals surface area contributed by atoms with Gasteiger partial charge in [0.2, 0.25) is 0 Å². The summed E-state index contributed by atoms with van der Waals surface area (Å²) in [5, 5.41) is 3.20. The minimum Gasteiger partial charge on any atom is -0.349 e. The summed E-state index contributed by atoms with van der Waals surface area (Å²) in [6.07, 6.45) is 0. The number of Topliss-reactive ketones (excluding diaryl/α,β-unsaturated/α-hetero) is 1. The summed E-state index contributed by atoms with van der Waals surface area (Å²) >= 11 is 0. The van der Waals surface area contributed by atoms with Crippen LogP contribution in [0.5, 0.6) is 0 Å². The molecule has 0 radical (unpaired) electrons. The van der Waals surface area contributed by atoms with Gasteiger partial charge in [-0.05, 0) is 11.1 Å². The van der Waals surface area contributed by atoms with Gasteiger partial charge in [0.05, 0.1) is 0 Å². The Morgan fingerprint density at radius 3 is 2.12 bits per heavy atom. The van der Waals surface area contributed by atoms with Gasteiger partial charge in [0.25, 0.3) is 0 Å². The molecule has 2 aromatic rings. The molecule has 24 heavy (non-hydrogen) atoms. The van der Waals surface area contributed by atoms with Crippen LogP contribution in [0.4, 0.5) is 0 Å². The Morgan fingerprint density at radius 1 is 0.958 bits per heavy atom. The fourth-order valence-corrected chi connectivity index (χ4v) is 3.83. The topological polar surface area (TPSA) is 72.8 Å². The van der Waals surface area contributed by atoms with Gasteiger partial charge in [-0.1, -0.05) is 54.6 Å². The first-order valence-electron chi connectivity index (χ1n) is 7.98. The zero-order valence-electron chi connectivity index (χ0n) is 13.3. The summed E-state index contributed by atoms with van der Waals surface area (Å²) in [6.45, 7) is 2.77. The number of carbonyl (C=O) groups excluding carboxylic acids is 1. The van der Waals surface area contributed by atoms with E-state index in [1.807, 2.05) is 47.4 Å². The molecule has 0 aliphatic carbocycles. The van der Waals surface area contributed by atoms with E-state index in [4.69, 9.17) is 0 Å². The maximum atomic E-state index is 12.8. The van der Waals surface area contributed by atoms with Crippen LogP contribution in [0.2, 0.25) is 0 Å². The highest BCUT2D eigenvalue weighted by atomic mass is 31.2. The van der Waals surface area contributed by atoms with E-state index in [0.717, 1.165) is 24.2 Å². The van der Waals surface area contributed by atoms with Crippen molar-refractivity contribution in [3.63, 3.8) is 0 Å². The van der Waals surface area contributed by atoms with Crippen LogP contribution in [-0.4, -0.2) is 52.4 Å². The fraction of sp³-hybridized carbons (Fsp3) is 0.278. The molecule has 1 aliphatic rings. The first kappa shape index (κ1) is 17.2. The monoisotopic (exact) mass is 344 g/mol. The van der Waals surface area contributed by atoms with Crippen molar-refractivity contribution in [1.82, 2.24) is 10.2 Å². The summed E-state index contributed by atoms with van der Waals surface area (Å²) in [5.74, 6) is -1.09. The van der Waals surface area contributed by atoms with Crippen LogP contribution in [0.15, 0.2) is 54.6 Å². The summed E-state index contributed by atoms with van der Waals surface area (Å²) in [4.78, 5) is 34.2. The van der Waals surface area contributed by atoms with Gasteiger partial charge in [0.1, 0.15) is 5.78 Å². The Bertz CT molecular complexity index is 670. The predicted octanol–water partition coefficient (Wildman–Crippen LogP) is 2.06. The van der Waals surface area contributed by atoms with Crippen LogP contribution < -0.4 is 5.32 Å². The molecule has 0 amide bonds. The molecule has 3 N–H and O–H groups in total. The van der Waals surface area contributed by atoms with Crippen LogP contribution in [0.3, 0.4) is 0 Å². The molecule has 5 nitrogen and oxygen atoms in total. The number of ketones is 1. The second kappa shape index (κ2) is 7.97. The van der Waals surface area contributed by atoms with Gasteiger partial charge in [-0.3, -0.25) is 9.69 Å². The fourth-order valence-electron chi connectivity index (χ4n) is 2.95. The first-order valence-corrected chi connectivity index (χ1v) is 9.30. The molecule has 1 heterocycles. The number of nitrogens with zero attached hydrogens (tertiary/aromatic N) is 1. The minimum absolute atomic E-state index is 0.229. The molecule has 126 valence electrons. The van der Waals surface area contributed by atoms with Gasteiger partial charge in [0.15, 0.2) is 14.2 Å². The molecule has 1 unspecified atom stereocenters. The average molecular weight is 344 g/mol.